The summed E-state index contributed by atoms with van der Waals surface area (Å²) in [6.45, 7) is 4.67. The van der Waals surface area contributed by atoms with E-state index in [0.717, 1.165) is 5.56 Å². The Labute approximate surface area is 130 Å². The van der Waals surface area contributed by atoms with Gasteiger partial charge in [-0.2, -0.15) is 0 Å². The number of rotatable bonds is 6. The second-order valence-electron chi connectivity index (χ2n) is 4.87. The van der Waals surface area contributed by atoms with Crippen LogP contribution in [-0.2, 0) is 16.6 Å². The third kappa shape index (κ3) is 3.91. The predicted octanol–water partition coefficient (Wildman–Crippen LogP) is 2.82. The quantitative estimate of drug-likeness (QED) is 0.859. The molecule has 4 nitrogen and oxygen atoms in total. The standard InChI is InChI=1S/C15H20N2O2S2/c1-11-8-9-14(20-11)12(2)17-10-13-6-4-5-7-15(13)21(18,19)16-3/h4-9,12,16-17H,10H2,1-3H3/t12-/m1/s1. The molecule has 1 heterocycles. The third-order valence-corrected chi connectivity index (χ3v) is 6.02. The van der Waals surface area contributed by atoms with Gasteiger partial charge in [-0.25, -0.2) is 13.1 Å². The van der Waals surface area contributed by atoms with Gasteiger partial charge >= 0.3 is 0 Å². The Morgan fingerprint density at radius 1 is 1.19 bits per heavy atom. The number of thiophene rings is 1. The molecule has 114 valence electrons. The van der Waals surface area contributed by atoms with E-state index in [0.29, 0.717) is 11.4 Å². The van der Waals surface area contributed by atoms with Crippen LogP contribution in [0.5, 0.6) is 0 Å². The molecule has 0 amide bonds. The molecule has 1 atom stereocenters. The van der Waals surface area contributed by atoms with Gasteiger partial charge in [-0.1, -0.05) is 18.2 Å². The van der Waals surface area contributed by atoms with Crippen molar-refractivity contribution in [1.82, 2.24) is 10.0 Å². The minimum atomic E-state index is -3.42. The van der Waals surface area contributed by atoms with Gasteiger partial charge in [0.05, 0.1) is 4.90 Å². The number of sulfonamides is 1. The summed E-state index contributed by atoms with van der Waals surface area (Å²) < 4.78 is 26.4. The van der Waals surface area contributed by atoms with Crippen molar-refractivity contribution in [2.75, 3.05) is 7.05 Å². The Kier molecular flexibility index (Phi) is 5.16. The molecule has 2 aromatic rings. The molecule has 1 aromatic heterocycles. The van der Waals surface area contributed by atoms with Crippen molar-refractivity contribution in [2.24, 2.45) is 0 Å². The monoisotopic (exact) mass is 324 g/mol. The van der Waals surface area contributed by atoms with Gasteiger partial charge in [0.2, 0.25) is 10.0 Å². The molecule has 0 saturated carbocycles. The van der Waals surface area contributed by atoms with E-state index in [4.69, 9.17) is 0 Å². The molecule has 0 saturated heterocycles. The van der Waals surface area contributed by atoms with E-state index in [1.165, 1.54) is 16.8 Å². The van der Waals surface area contributed by atoms with Crippen LogP contribution in [0.4, 0.5) is 0 Å². The number of hydrogen-bond acceptors (Lipinski definition) is 4. The van der Waals surface area contributed by atoms with Crippen LogP contribution < -0.4 is 10.0 Å². The topological polar surface area (TPSA) is 58.2 Å². The summed E-state index contributed by atoms with van der Waals surface area (Å²) in [5.74, 6) is 0. The van der Waals surface area contributed by atoms with Crippen molar-refractivity contribution in [1.29, 1.82) is 0 Å². The van der Waals surface area contributed by atoms with E-state index < -0.39 is 10.0 Å². The molecule has 0 aliphatic rings. The lowest BCUT2D eigenvalue weighted by molar-refractivity contribution is 0.568. The largest absolute Gasteiger partial charge is 0.305 e. The lowest BCUT2D eigenvalue weighted by Gasteiger charge is -2.14. The molecule has 0 spiro atoms. The highest BCUT2D eigenvalue weighted by Crippen LogP contribution is 2.23. The molecule has 0 fully saturated rings. The van der Waals surface area contributed by atoms with Crippen LogP contribution in [-0.4, -0.2) is 15.5 Å². The zero-order valence-electron chi connectivity index (χ0n) is 12.4. The van der Waals surface area contributed by atoms with Gasteiger partial charge in [0.25, 0.3) is 0 Å². The normalized spacial score (nSPS) is 13.3. The average Bonchev–Trinajstić information content (AvgIpc) is 2.91. The maximum atomic E-state index is 12.0. The van der Waals surface area contributed by atoms with Gasteiger partial charge in [-0.05, 0) is 44.7 Å². The molecule has 1 aromatic carbocycles. The first-order valence-electron chi connectivity index (χ1n) is 6.75. The molecule has 0 bridgehead atoms. The first-order chi connectivity index (χ1) is 9.94. The highest BCUT2D eigenvalue weighted by Gasteiger charge is 2.16. The van der Waals surface area contributed by atoms with Crippen molar-refractivity contribution in [3.8, 4) is 0 Å². The van der Waals surface area contributed by atoms with Crippen LogP contribution in [0.2, 0.25) is 0 Å². The Balaban J connectivity index is 2.14. The summed E-state index contributed by atoms with van der Waals surface area (Å²) in [7, 11) is -2.00. The highest BCUT2D eigenvalue weighted by molar-refractivity contribution is 7.89. The van der Waals surface area contributed by atoms with Crippen LogP contribution >= 0.6 is 11.3 Å². The Hall–Kier alpha value is -1.21. The van der Waals surface area contributed by atoms with Crippen LogP contribution in [0, 0.1) is 6.92 Å². The molecule has 0 radical (unpaired) electrons. The summed E-state index contributed by atoms with van der Waals surface area (Å²) >= 11 is 1.75. The molecule has 2 N–H and O–H groups in total. The summed E-state index contributed by atoms with van der Waals surface area (Å²) in [5.41, 5.74) is 0.770. The molecule has 6 heteroatoms. The van der Waals surface area contributed by atoms with Gasteiger partial charge in [0.15, 0.2) is 0 Å². The lowest BCUT2D eigenvalue weighted by Crippen LogP contribution is -2.23. The van der Waals surface area contributed by atoms with E-state index in [2.05, 4.69) is 36.0 Å². The number of aryl methyl sites for hydroxylation is 1. The molecular formula is C15H20N2O2S2. The van der Waals surface area contributed by atoms with Gasteiger partial charge in [0.1, 0.15) is 0 Å². The molecule has 0 unspecified atom stereocenters. The Bertz CT molecular complexity index is 708. The van der Waals surface area contributed by atoms with Crippen LogP contribution in [0.3, 0.4) is 0 Å². The second kappa shape index (κ2) is 6.70. The van der Waals surface area contributed by atoms with Gasteiger partial charge in [0, 0.05) is 22.3 Å². The zero-order valence-corrected chi connectivity index (χ0v) is 14.0. The minimum absolute atomic E-state index is 0.189. The van der Waals surface area contributed by atoms with Crippen molar-refractivity contribution in [3.05, 3.63) is 51.7 Å². The molecular weight excluding hydrogens is 304 g/mol. The zero-order chi connectivity index (χ0) is 15.5. The minimum Gasteiger partial charge on any atom is -0.305 e. The van der Waals surface area contributed by atoms with E-state index in [1.54, 1.807) is 23.5 Å². The summed E-state index contributed by atoms with van der Waals surface area (Å²) in [4.78, 5) is 2.85. The smallest absolute Gasteiger partial charge is 0.240 e. The summed E-state index contributed by atoms with van der Waals surface area (Å²) in [6, 6.07) is 11.4. The fraction of sp³-hybridized carbons (Fsp3) is 0.333. The van der Waals surface area contributed by atoms with Crippen molar-refractivity contribution >= 4 is 21.4 Å². The fourth-order valence-corrected chi connectivity index (χ4v) is 3.94. The molecule has 2 rings (SSSR count). The van der Waals surface area contributed by atoms with E-state index in [1.807, 2.05) is 12.1 Å². The Morgan fingerprint density at radius 3 is 2.52 bits per heavy atom. The molecule has 21 heavy (non-hydrogen) atoms. The predicted molar refractivity (Wildman–Crippen MR) is 87.0 cm³/mol. The summed E-state index contributed by atoms with van der Waals surface area (Å²) in [5, 5.41) is 3.38. The van der Waals surface area contributed by atoms with Crippen molar-refractivity contribution < 1.29 is 8.42 Å². The third-order valence-electron chi connectivity index (χ3n) is 3.32. The first kappa shape index (κ1) is 16.2. The van der Waals surface area contributed by atoms with Crippen molar-refractivity contribution in [2.45, 2.75) is 31.3 Å². The molecule has 0 aliphatic heterocycles. The van der Waals surface area contributed by atoms with E-state index >= 15 is 0 Å². The number of benzene rings is 1. The lowest BCUT2D eigenvalue weighted by atomic mass is 10.2. The van der Waals surface area contributed by atoms with Gasteiger partial charge < -0.3 is 5.32 Å². The number of hydrogen-bond donors (Lipinski definition) is 2. The van der Waals surface area contributed by atoms with E-state index in [9.17, 15) is 8.42 Å². The highest BCUT2D eigenvalue weighted by atomic mass is 32.2. The maximum Gasteiger partial charge on any atom is 0.240 e. The summed E-state index contributed by atoms with van der Waals surface area (Å²) in [6.07, 6.45) is 0. The van der Waals surface area contributed by atoms with Crippen LogP contribution in [0.1, 0.15) is 28.3 Å². The first-order valence-corrected chi connectivity index (χ1v) is 9.05. The molecule has 0 aliphatic carbocycles. The van der Waals surface area contributed by atoms with Crippen molar-refractivity contribution in [3.63, 3.8) is 0 Å². The number of nitrogens with one attached hydrogen (secondary N) is 2. The van der Waals surface area contributed by atoms with Gasteiger partial charge in [-0.3, -0.25) is 0 Å². The Morgan fingerprint density at radius 2 is 1.90 bits per heavy atom. The SMILES string of the molecule is CNS(=O)(=O)c1ccccc1CN[C@H](C)c1ccc(C)s1. The van der Waals surface area contributed by atoms with E-state index in [-0.39, 0.29) is 6.04 Å². The fourth-order valence-electron chi connectivity index (χ4n) is 2.07. The second-order valence-corrected chi connectivity index (χ2v) is 8.04. The van der Waals surface area contributed by atoms with Crippen LogP contribution in [0.25, 0.3) is 0 Å². The maximum absolute atomic E-state index is 12.0. The van der Waals surface area contributed by atoms with Crippen LogP contribution in [0.15, 0.2) is 41.3 Å². The average molecular weight is 324 g/mol. The van der Waals surface area contributed by atoms with Gasteiger partial charge in [-0.15, -0.1) is 11.3 Å².